The first-order valence-corrected chi connectivity index (χ1v) is 13.6. The van der Waals surface area contributed by atoms with E-state index in [9.17, 15) is 14.7 Å². The summed E-state index contributed by atoms with van der Waals surface area (Å²) in [5.74, 6) is 0.0911. The number of fused-ring (bicyclic) bond motifs is 1. The molecular formula is C32H36ClNO4. The summed E-state index contributed by atoms with van der Waals surface area (Å²) in [4.78, 5) is 26.2. The third-order valence-corrected chi connectivity index (χ3v) is 7.28. The van der Waals surface area contributed by atoms with Gasteiger partial charge in [0.25, 0.3) is 5.91 Å². The molecule has 38 heavy (non-hydrogen) atoms. The van der Waals surface area contributed by atoms with Crippen molar-refractivity contribution in [2.45, 2.75) is 58.5 Å². The number of amides is 1. The van der Waals surface area contributed by atoms with Crippen molar-refractivity contribution in [1.29, 1.82) is 0 Å². The van der Waals surface area contributed by atoms with Crippen molar-refractivity contribution >= 4 is 23.5 Å². The number of carboxylic acids is 1. The Labute approximate surface area is 230 Å². The molecule has 0 saturated carbocycles. The number of carbonyl (C=O) groups excluding carboxylic acids is 1. The van der Waals surface area contributed by atoms with Crippen molar-refractivity contribution in [3.8, 4) is 5.75 Å². The van der Waals surface area contributed by atoms with Crippen LogP contribution in [0.2, 0.25) is 5.02 Å². The van der Waals surface area contributed by atoms with Gasteiger partial charge in [0.05, 0.1) is 0 Å². The molecule has 0 spiro atoms. The number of nitrogens with zero attached hydrogens (tertiary/aromatic N) is 1. The SMILES string of the molecule is CC(C)Cc1ccc(C[C@]2(C)CCc3cc(C(=O)N(CCc4ccc(Cl)cc4)CC(=O)O)ccc3O2)cc1. The Morgan fingerprint density at radius 1 is 1.00 bits per heavy atom. The maximum atomic E-state index is 13.3. The number of ether oxygens (including phenoxy) is 1. The van der Waals surface area contributed by atoms with Crippen LogP contribution in [0.1, 0.15) is 59.8 Å². The second-order valence-electron chi connectivity index (χ2n) is 11.0. The Hall–Kier alpha value is -3.31. The molecule has 1 N–H and O–H groups in total. The monoisotopic (exact) mass is 533 g/mol. The number of aliphatic carboxylic acids is 1. The van der Waals surface area contributed by atoms with E-state index in [-0.39, 0.29) is 18.1 Å². The van der Waals surface area contributed by atoms with Gasteiger partial charge in [0, 0.05) is 23.6 Å². The predicted octanol–water partition coefficient (Wildman–Crippen LogP) is 6.63. The van der Waals surface area contributed by atoms with Crippen LogP contribution in [-0.2, 0) is 30.5 Å². The van der Waals surface area contributed by atoms with Gasteiger partial charge in [0.1, 0.15) is 17.9 Å². The number of hydrogen-bond acceptors (Lipinski definition) is 3. The molecular weight excluding hydrogens is 498 g/mol. The van der Waals surface area contributed by atoms with Crippen LogP contribution >= 0.6 is 11.6 Å². The van der Waals surface area contributed by atoms with Crippen molar-refractivity contribution in [2.24, 2.45) is 5.92 Å². The van der Waals surface area contributed by atoms with Crippen LogP contribution in [0, 0.1) is 5.92 Å². The largest absolute Gasteiger partial charge is 0.487 e. The Morgan fingerprint density at radius 3 is 2.32 bits per heavy atom. The van der Waals surface area contributed by atoms with Crippen LogP contribution in [0.15, 0.2) is 66.7 Å². The lowest BCUT2D eigenvalue weighted by molar-refractivity contribution is -0.137. The lowest BCUT2D eigenvalue weighted by Crippen LogP contribution is -2.39. The number of carboxylic acid groups (broad SMARTS) is 1. The summed E-state index contributed by atoms with van der Waals surface area (Å²) < 4.78 is 6.46. The molecule has 1 atom stereocenters. The highest BCUT2D eigenvalue weighted by molar-refractivity contribution is 6.30. The molecule has 1 heterocycles. The zero-order chi connectivity index (χ0) is 27.3. The molecule has 1 aliphatic rings. The second kappa shape index (κ2) is 12.0. The Morgan fingerprint density at radius 2 is 1.66 bits per heavy atom. The second-order valence-corrected chi connectivity index (χ2v) is 11.4. The summed E-state index contributed by atoms with van der Waals surface area (Å²) in [7, 11) is 0. The molecule has 200 valence electrons. The van der Waals surface area contributed by atoms with Crippen molar-refractivity contribution in [2.75, 3.05) is 13.1 Å². The normalized spacial score (nSPS) is 16.6. The van der Waals surface area contributed by atoms with Gasteiger partial charge >= 0.3 is 5.97 Å². The first-order valence-electron chi connectivity index (χ1n) is 13.3. The van der Waals surface area contributed by atoms with E-state index in [4.69, 9.17) is 16.3 Å². The molecule has 5 nitrogen and oxygen atoms in total. The van der Waals surface area contributed by atoms with E-state index in [0.717, 1.165) is 42.6 Å². The summed E-state index contributed by atoms with van der Waals surface area (Å²) in [6.45, 7) is 6.55. The first kappa shape index (κ1) is 27.7. The number of benzene rings is 3. The predicted molar refractivity (Wildman–Crippen MR) is 151 cm³/mol. The van der Waals surface area contributed by atoms with Crippen LogP contribution in [0.4, 0.5) is 0 Å². The van der Waals surface area contributed by atoms with E-state index in [1.165, 1.54) is 16.0 Å². The molecule has 0 radical (unpaired) electrons. The third kappa shape index (κ3) is 7.38. The van der Waals surface area contributed by atoms with Gasteiger partial charge < -0.3 is 14.7 Å². The van der Waals surface area contributed by atoms with E-state index in [1.54, 1.807) is 18.2 Å². The average molecular weight is 534 g/mol. The van der Waals surface area contributed by atoms with E-state index in [0.29, 0.717) is 29.5 Å². The fraction of sp³-hybridized carbons (Fsp3) is 0.375. The van der Waals surface area contributed by atoms with Gasteiger partial charge in [-0.05, 0) is 91.1 Å². The van der Waals surface area contributed by atoms with Gasteiger partial charge in [-0.25, -0.2) is 0 Å². The highest BCUT2D eigenvalue weighted by Crippen LogP contribution is 2.36. The van der Waals surface area contributed by atoms with Crippen LogP contribution in [0.5, 0.6) is 5.75 Å². The number of carbonyl (C=O) groups is 2. The topological polar surface area (TPSA) is 66.8 Å². The summed E-state index contributed by atoms with van der Waals surface area (Å²) >= 11 is 5.96. The molecule has 3 aromatic rings. The number of halogens is 1. The van der Waals surface area contributed by atoms with Crippen molar-refractivity contribution in [3.63, 3.8) is 0 Å². The summed E-state index contributed by atoms with van der Waals surface area (Å²) in [6.07, 6.45) is 4.06. The van der Waals surface area contributed by atoms with Gasteiger partial charge in [-0.2, -0.15) is 0 Å². The fourth-order valence-corrected chi connectivity index (χ4v) is 5.18. The Balaban J connectivity index is 1.43. The summed E-state index contributed by atoms with van der Waals surface area (Å²) in [5, 5.41) is 10.0. The molecule has 4 rings (SSSR count). The van der Waals surface area contributed by atoms with Crippen LogP contribution in [0.25, 0.3) is 0 Å². The zero-order valence-corrected chi connectivity index (χ0v) is 23.1. The molecule has 0 saturated heterocycles. The standard InChI is InChI=1S/C32H36ClNO4/c1-22(2)18-24-4-6-25(7-5-24)20-32(3)16-14-26-19-27(10-13-29(26)38-32)31(37)34(21-30(35)36)17-15-23-8-11-28(33)12-9-23/h4-13,19,22H,14-18,20-21H2,1-3H3,(H,35,36)/t32-/m0/s1. The summed E-state index contributed by atoms with van der Waals surface area (Å²) in [6, 6.07) is 21.6. The first-order chi connectivity index (χ1) is 18.1. The van der Waals surface area contributed by atoms with E-state index >= 15 is 0 Å². The number of rotatable bonds is 10. The summed E-state index contributed by atoms with van der Waals surface area (Å²) in [5.41, 5.74) is 4.73. The molecule has 6 heteroatoms. The van der Waals surface area contributed by atoms with Crippen molar-refractivity contribution in [3.05, 3.63) is 99.6 Å². The van der Waals surface area contributed by atoms with E-state index < -0.39 is 5.97 Å². The van der Waals surface area contributed by atoms with Crippen molar-refractivity contribution in [1.82, 2.24) is 4.90 Å². The van der Waals surface area contributed by atoms with Gasteiger partial charge in [-0.3, -0.25) is 9.59 Å². The van der Waals surface area contributed by atoms with Gasteiger partial charge in [-0.1, -0.05) is 61.8 Å². The van der Waals surface area contributed by atoms with Crippen LogP contribution in [0.3, 0.4) is 0 Å². The molecule has 1 aliphatic heterocycles. The number of aryl methyl sites for hydroxylation is 1. The molecule has 0 unspecified atom stereocenters. The van der Waals surface area contributed by atoms with Crippen molar-refractivity contribution < 1.29 is 19.4 Å². The minimum Gasteiger partial charge on any atom is -0.487 e. The zero-order valence-electron chi connectivity index (χ0n) is 22.4. The lowest BCUT2D eigenvalue weighted by atomic mass is 9.86. The Bertz CT molecular complexity index is 1270. The highest BCUT2D eigenvalue weighted by atomic mass is 35.5. The van der Waals surface area contributed by atoms with Crippen LogP contribution in [-0.4, -0.2) is 40.6 Å². The molecule has 0 aromatic heterocycles. The quantitative estimate of drug-likeness (QED) is 0.317. The Kier molecular flexibility index (Phi) is 8.78. The van der Waals surface area contributed by atoms with Crippen LogP contribution < -0.4 is 4.74 Å². The van der Waals surface area contributed by atoms with E-state index in [2.05, 4.69) is 45.0 Å². The third-order valence-electron chi connectivity index (χ3n) is 7.03. The lowest BCUT2D eigenvalue weighted by Gasteiger charge is -2.36. The maximum Gasteiger partial charge on any atom is 0.323 e. The van der Waals surface area contributed by atoms with E-state index in [1.807, 2.05) is 24.3 Å². The molecule has 0 bridgehead atoms. The highest BCUT2D eigenvalue weighted by Gasteiger charge is 2.32. The average Bonchev–Trinajstić information content (AvgIpc) is 2.87. The fourth-order valence-electron chi connectivity index (χ4n) is 5.06. The van der Waals surface area contributed by atoms with Gasteiger partial charge in [0.15, 0.2) is 0 Å². The van der Waals surface area contributed by atoms with Gasteiger partial charge in [0.2, 0.25) is 0 Å². The minimum atomic E-state index is -1.04. The smallest absolute Gasteiger partial charge is 0.323 e. The molecule has 0 aliphatic carbocycles. The minimum absolute atomic E-state index is 0.293. The number of hydrogen-bond donors (Lipinski definition) is 1. The molecule has 0 fully saturated rings. The molecule has 1 amide bonds. The maximum absolute atomic E-state index is 13.3. The van der Waals surface area contributed by atoms with Gasteiger partial charge in [-0.15, -0.1) is 0 Å². The molecule has 3 aromatic carbocycles.